The zero-order chi connectivity index (χ0) is 51.1. The third-order valence-electron chi connectivity index (χ3n) is 13.7. The molecule has 6 N–H and O–H groups in total. The van der Waals surface area contributed by atoms with Crippen LogP contribution in [0.5, 0.6) is 11.8 Å². The average Bonchev–Trinajstić information content (AvgIpc) is 4.14. The summed E-state index contributed by atoms with van der Waals surface area (Å²) in [6, 6.07) is 0. The summed E-state index contributed by atoms with van der Waals surface area (Å²) in [7, 11) is -3.03. The summed E-state index contributed by atoms with van der Waals surface area (Å²) in [5.74, 6) is -0.219. The van der Waals surface area contributed by atoms with Gasteiger partial charge < -0.3 is 57.1 Å². The van der Waals surface area contributed by atoms with E-state index < -0.39 is 65.2 Å². The quantitative estimate of drug-likeness (QED) is 0.0980. The number of amides is 2. The molecule has 24 nitrogen and oxygen atoms in total. The van der Waals surface area contributed by atoms with Crippen molar-refractivity contribution in [2.45, 2.75) is 165 Å². The maximum absolute atomic E-state index is 12.7. The minimum Gasteiger partial charge on any atom is -0.479 e. The van der Waals surface area contributed by atoms with Crippen LogP contribution < -0.4 is 20.1 Å². The Labute approximate surface area is 408 Å². The van der Waals surface area contributed by atoms with Crippen molar-refractivity contribution in [3.8, 4) is 11.8 Å². The topological polar surface area (TPSA) is 300 Å². The van der Waals surface area contributed by atoms with Gasteiger partial charge >= 0.3 is 17.1 Å². The van der Waals surface area contributed by atoms with Crippen molar-refractivity contribution in [3.05, 3.63) is 12.7 Å². The molecule has 4 fully saturated rings. The lowest BCUT2D eigenvalue weighted by Gasteiger charge is -2.52. The van der Waals surface area contributed by atoms with Crippen molar-refractivity contribution in [1.29, 1.82) is 0 Å². The molecule has 4 saturated heterocycles. The summed E-state index contributed by atoms with van der Waals surface area (Å²) in [6.45, 7) is 20.0. The van der Waals surface area contributed by atoms with Crippen molar-refractivity contribution in [2.24, 2.45) is 0 Å². The van der Waals surface area contributed by atoms with Gasteiger partial charge in [0.2, 0.25) is 35.5 Å². The number of nitrogens with one attached hydrogen (secondary N) is 2. The number of fused-ring (bicyclic) bond motifs is 3. The summed E-state index contributed by atoms with van der Waals surface area (Å²) < 4.78 is 53.9. The van der Waals surface area contributed by atoms with Crippen molar-refractivity contribution in [2.75, 3.05) is 51.3 Å². The monoisotopic (exact) mass is 1020 g/mol. The second kappa shape index (κ2) is 21.0. The molecular formula is C44H70N10O14Si2. The zero-order valence-corrected chi connectivity index (χ0v) is 44.0. The van der Waals surface area contributed by atoms with Crippen LogP contribution in [0.4, 0.5) is 11.9 Å². The molecule has 4 aromatic rings. The Morgan fingerprint density at radius 2 is 1.34 bits per heavy atom. The van der Waals surface area contributed by atoms with E-state index in [4.69, 9.17) is 36.7 Å². The number of methoxy groups -OCH3 is 2. The molecular weight excluding hydrogens is 949 g/mol. The number of anilines is 2. The zero-order valence-electron chi connectivity index (χ0n) is 42.0. The Bertz CT molecular complexity index is 2470. The van der Waals surface area contributed by atoms with Gasteiger partial charge in [0, 0.05) is 27.1 Å². The molecule has 0 aliphatic carbocycles. The molecule has 8 rings (SSSR count). The summed E-state index contributed by atoms with van der Waals surface area (Å²) in [6.07, 6.45) is -0.170. The number of carbonyl (C=O) groups is 2. The molecule has 2 amide bonds. The third-order valence-corrected chi connectivity index (χ3v) is 23.9. The van der Waals surface area contributed by atoms with Gasteiger partial charge in [-0.25, -0.2) is 9.97 Å². The van der Waals surface area contributed by atoms with Gasteiger partial charge in [0.1, 0.15) is 35.6 Å². The number of aliphatic hydroxyl groups excluding tert-OH is 3. The molecule has 4 aliphatic heterocycles. The van der Waals surface area contributed by atoms with E-state index in [2.05, 4.69) is 95.9 Å². The molecule has 4 aliphatic rings. The summed E-state index contributed by atoms with van der Waals surface area (Å²) in [5.41, 5.74) is -0.840. The Morgan fingerprint density at radius 1 is 0.814 bits per heavy atom. The number of rotatable bonds is 14. The van der Waals surface area contributed by atoms with Crippen LogP contribution in [0.1, 0.15) is 107 Å². The van der Waals surface area contributed by atoms with Crippen LogP contribution in [0.25, 0.3) is 22.3 Å². The Balaban J connectivity index is 0.000000228. The van der Waals surface area contributed by atoms with Crippen LogP contribution in [0.2, 0.25) is 22.2 Å². The Hall–Kier alpha value is -4.33. The van der Waals surface area contributed by atoms with Gasteiger partial charge in [0.25, 0.3) is 0 Å². The highest BCUT2D eigenvalue weighted by Crippen LogP contribution is 2.53. The SMILES string of the molecule is COc1nc(NC(C)=O)nc2c1ncn2[C@@H]1OC(CO)[C@@H](O)[C@@]12CCCO2.COc1nc(NC(C)=O)nc2c1ncn2[C@@H]1OC2CO[Si](C(C)C)(C(C)C)O[Si](C(C)C)(C(C)C)O[C@H]2[C@@]1(O)CCCO. The van der Waals surface area contributed by atoms with Crippen LogP contribution in [-0.2, 0) is 36.8 Å². The highest BCUT2D eigenvalue weighted by Gasteiger charge is 2.66. The first-order chi connectivity index (χ1) is 33.2. The summed E-state index contributed by atoms with van der Waals surface area (Å²) in [4.78, 5) is 49.3. The molecule has 8 heterocycles. The number of hydrogen-bond donors (Lipinski definition) is 6. The Morgan fingerprint density at radius 3 is 1.79 bits per heavy atom. The second-order valence-corrected chi connectivity index (χ2v) is 28.4. The number of imidazole rings is 2. The highest BCUT2D eigenvalue weighted by molar-refractivity contribution is 6.84. The van der Waals surface area contributed by atoms with Crippen molar-refractivity contribution >= 4 is 63.2 Å². The smallest absolute Gasteiger partial charge is 0.335 e. The molecule has 0 saturated carbocycles. The van der Waals surface area contributed by atoms with Gasteiger partial charge in [0.05, 0.1) is 40.1 Å². The van der Waals surface area contributed by atoms with E-state index in [0.29, 0.717) is 41.8 Å². The van der Waals surface area contributed by atoms with Gasteiger partial charge in [-0.2, -0.15) is 19.9 Å². The van der Waals surface area contributed by atoms with Gasteiger partial charge in [-0.1, -0.05) is 55.4 Å². The first-order valence-electron chi connectivity index (χ1n) is 23.9. The first kappa shape index (κ1) is 53.5. The molecule has 1 spiro atoms. The minimum atomic E-state index is -3.09. The predicted molar refractivity (Wildman–Crippen MR) is 256 cm³/mol. The first-order valence-corrected chi connectivity index (χ1v) is 27.8. The lowest BCUT2D eigenvalue weighted by Crippen LogP contribution is -2.67. The fourth-order valence-corrected chi connectivity index (χ4v) is 21.6. The maximum Gasteiger partial charge on any atom is 0.335 e. The Kier molecular flexibility index (Phi) is 16.1. The normalized spacial score (nSPS) is 28.3. The number of carbonyl (C=O) groups excluding carboxylic acids is 2. The van der Waals surface area contributed by atoms with Crippen molar-refractivity contribution in [1.82, 2.24) is 39.0 Å². The van der Waals surface area contributed by atoms with Crippen LogP contribution in [0.15, 0.2) is 12.7 Å². The van der Waals surface area contributed by atoms with Gasteiger partial charge in [-0.3, -0.25) is 29.4 Å². The fourth-order valence-electron chi connectivity index (χ4n) is 10.4. The van der Waals surface area contributed by atoms with Crippen LogP contribution >= 0.6 is 0 Å². The van der Waals surface area contributed by atoms with Gasteiger partial charge in [0.15, 0.2) is 34.8 Å². The van der Waals surface area contributed by atoms with Crippen LogP contribution in [-0.4, -0.2) is 165 Å². The number of hydrogen-bond acceptors (Lipinski definition) is 20. The van der Waals surface area contributed by atoms with E-state index in [1.54, 1.807) is 9.13 Å². The number of aromatic nitrogens is 8. The maximum atomic E-state index is 12.7. The van der Waals surface area contributed by atoms with E-state index in [-0.39, 0.29) is 83.9 Å². The molecule has 4 aromatic heterocycles. The van der Waals surface area contributed by atoms with Gasteiger partial charge in [-0.05, 0) is 47.8 Å². The lowest BCUT2D eigenvalue weighted by atomic mass is 9.89. The largest absolute Gasteiger partial charge is 0.479 e. The van der Waals surface area contributed by atoms with Crippen LogP contribution in [0, 0.1) is 0 Å². The van der Waals surface area contributed by atoms with Crippen molar-refractivity contribution < 1.29 is 66.7 Å². The molecule has 26 heteroatoms. The van der Waals surface area contributed by atoms with E-state index >= 15 is 0 Å². The minimum absolute atomic E-state index is 0.0326. The molecule has 2 unspecified atom stereocenters. The standard InChI is InChI=1S/C28H49N5O8Si2.C16H21N5O6/c1-16(2)42(17(3)4)38-14-21-23(40-43(41-42,18(5)6)19(7)8)28(36,12-11-13-34)26(39-21)33-15-29-22-24(33)31-27(30-20(9)35)32-25(22)37-10;1-8(23)18-15-19-12-10(13(20-15)25-2)17-7-21(12)14-16(4-3-5-26-16)11(24)9(6-22)27-14/h15-19,21,23,26,34,36H,11-14H2,1-10H3,(H,30,31,32,35);7,9,11,14,22,24H,3-6H2,1-2H3,(H,18,19,20,23)/t21?,23-,26-,28+;9?,11-,14-,16+/m11/s1. The van der Waals surface area contributed by atoms with Gasteiger partial charge in [-0.15, -0.1) is 0 Å². The summed E-state index contributed by atoms with van der Waals surface area (Å²) in [5, 5.41) is 47.9. The van der Waals surface area contributed by atoms with E-state index in [1.807, 2.05) is 0 Å². The number of nitrogens with zero attached hydrogens (tertiary/aromatic N) is 8. The predicted octanol–water partition coefficient (Wildman–Crippen LogP) is 3.74. The van der Waals surface area contributed by atoms with Crippen LogP contribution in [0.3, 0.4) is 0 Å². The van der Waals surface area contributed by atoms with E-state index in [0.717, 1.165) is 6.42 Å². The molecule has 0 bridgehead atoms. The van der Waals surface area contributed by atoms with E-state index in [1.165, 1.54) is 40.7 Å². The summed E-state index contributed by atoms with van der Waals surface area (Å²) >= 11 is 0. The molecule has 388 valence electrons. The van der Waals surface area contributed by atoms with E-state index in [9.17, 15) is 30.0 Å². The second-order valence-electron chi connectivity index (χ2n) is 19.5. The number of ether oxygens (including phenoxy) is 5. The molecule has 0 aromatic carbocycles. The van der Waals surface area contributed by atoms with Crippen molar-refractivity contribution in [3.63, 3.8) is 0 Å². The highest BCUT2D eigenvalue weighted by atomic mass is 28.5. The molecule has 70 heavy (non-hydrogen) atoms. The average molecular weight is 1020 g/mol. The third kappa shape index (κ3) is 9.45. The fraction of sp³-hybridized carbons (Fsp3) is 0.727. The molecule has 8 atom stereocenters. The molecule has 0 radical (unpaired) electrons. The lowest BCUT2D eigenvalue weighted by molar-refractivity contribution is -0.119. The number of aliphatic hydroxyl groups is 4.